The second-order valence-electron chi connectivity index (χ2n) is 4.53. The molecule has 1 aromatic rings. The number of nitrogens with zero attached hydrogens (tertiary/aromatic N) is 2. The van der Waals surface area contributed by atoms with E-state index in [4.69, 9.17) is 11.6 Å². The van der Waals surface area contributed by atoms with Crippen LogP contribution in [-0.4, -0.2) is 28.7 Å². The van der Waals surface area contributed by atoms with Crippen LogP contribution in [0.3, 0.4) is 0 Å². The number of benzene rings is 1. The molecule has 1 unspecified atom stereocenters. The van der Waals surface area contributed by atoms with Crippen LogP contribution in [0.15, 0.2) is 18.2 Å². The lowest BCUT2D eigenvalue weighted by atomic mass is 10.1. The topological polar surface area (TPSA) is 66.6 Å². The minimum atomic E-state index is -0.812. The van der Waals surface area contributed by atoms with Crippen LogP contribution in [0.25, 0.3) is 0 Å². The summed E-state index contributed by atoms with van der Waals surface area (Å²) in [5, 5.41) is 21.2. The molecule has 1 aliphatic rings. The van der Waals surface area contributed by atoms with Crippen molar-refractivity contribution < 1.29 is 10.0 Å². The number of para-hydroxylation sites is 1. The number of nitro groups is 1. The Balaban J connectivity index is 2.42. The van der Waals surface area contributed by atoms with E-state index in [9.17, 15) is 15.2 Å². The predicted octanol–water partition coefficient (Wildman–Crippen LogP) is 2.21. The van der Waals surface area contributed by atoms with Crippen LogP contribution in [0.4, 0.5) is 11.4 Å². The Morgan fingerprint density at radius 2 is 2.29 bits per heavy atom. The lowest BCUT2D eigenvalue weighted by Gasteiger charge is -2.21. The van der Waals surface area contributed by atoms with Gasteiger partial charge in [0.15, 0.2) is 0 Å². The van der Waals surface area contributed by atoms with E-state index < -0.39 is 10.5 Å². The Hall–Kier alpha value is -1.33. The van der Waals surface area contributed by atoms with Gasteiger partial charge < -0.3 is 10.0 Å². The third kappa shape index (κ3) is 2.35. The normalized spacial score (nSPS) is 24.1. The molecule has 1 N–H and O–H groups in total. The highest BCUT2D eigenvalue weighted by molar-refractivity contribution is 6.33. The molecule has 1 aromatic carbocycles. The van der Waals surface area contributed by atoms with Gasteiger partial charge in [0, 0.05) is 19.2 Å². The molecule has 1 fully saturated rings. The Morgan fingerprint density at radius 1 is 1.59 bits per heavy atom. The van der Waals surface area contributed by atoms with E-state index in [2.05, 4.69) is 0 Å². The summed E-state index contributed by atoms with van der Waals surface area (Å²) in [6.45, 7) is 2.64. The highest BCUT2D eigenvalue weighted by Crippen LogP contribution is 2.38. The largest absolute Gasteiger partial charge is 0.388 e. The second-order valence-corrected chi connectivity index (χ2v) is 4.94. The number of β-amino-alcohol motifs (C(OH)–C–C–N with tert-alkyl or cyclic N) is 1. The first-order valence-corrected chi connectivity index (χ1v) is 5.69. The van der Waals surface area contributed by atoms with Gasteiger partial charge in [0.25, 0.3) is 5.69 Å². The van der Waals surface area contributed by atoms with E-state index in [0.717, 1.165) is 0 Å². The standard InChI is InChI=1S/C11H13ClN2O3/c1-11(15)5-6-13(7-11)10-8(12)3-2-4-9(10)14(16)17/h2-4,15H,5-7H2,1H3. The van der Waals surface area contributed by atoms with Crippen LogP contribution in [0.2, 0.25) is 5.02 Å². The minimum Gasteiger partial charge on any atom is -0.388 e. The van der Waals surface area contributed by atoms with Gasteiger partial charge in [-0.05, 0) is 19.4 Å². The molecule has 0 bridgehead atoms. The zero-order valence-corrected chi connectivity index (χ0v) is 10.1. The van der Waals surface area contributed by atoms with Crippen molar-refractivity contribution in [3.63, 3.8) is 0 Å². The van der Waals surface area contributed by atoms with Gasteiger partial charge in [-0.2, -0.15) is 0 Å². The van der Waals surface area contributed by atoms with Crippen LogP contribution in [0, 0.1) is 10.1 Å². The van der Waals surface area contributed by atoms with Gasteiger partial charge in [-0.3, -0.25) is 10.1 Å². The molecule has 1 atom stereocenters. The van der Waals surface area contributed by atoms with E-state index in [1.807, 2.05) is 0 Å². The van der Waals surface area contributed by atoms with Gasteiger partial charge in [-0.25, -0.2) is 0 Å². The van der Waals surface area contributed by atoms with E-state index in [1.165, 1.54) is 6.07 Å². The molecule has 1 aliphatic heterocycles. The molecule has 0 saturated carbocycles. The molecule has 2 rings (SSSR count). The summed E-state index contributed by atoms with van der Waals surface area (Å²) >= 11 is 6.02. The first kappa shape index (κ1) is 12.1. The number of hydrogen-bond acceptors (Lipinski definition) is 4. The zero-order chi connectivity index (χ0) is 12.6. The van der Waals surface area contributed by atoms with E-state index in [-0.39, 0.29) is 5.69 Å². The van der Waals surface area contributed by atoms with E-state index in [1.54, 1.807) is 24.0 Å². The summed E-state index contributed by atoms with van der Waals surface area (Å²) in [7, 11) is 0. The Morgan fingerprint density at radius 3 is 2.82 bits per heavy atom. The molecule has 0 radical (unpaired) electrons. The van der Waals surface area contributed by atoms with Crippen LogP contribution in [-0.2, 0) is 0 Å². The maximum absolute atomic E-state index is 10.9. The first-order valence-electron chi connectivity index (χ1n) is 5.31. The molecule has 5 nitrogen and oxygen atoms in total. The molecule has 6 heteroatoms. The molecule has 17 heavy (non-hydrogen) atoms. The summed E-state index contributed by atoms with van der Waals surface area (Å²) in [5.74, 6) is 0. The summed E-state index contributed by atoms with van der Waals surface area (Å²) in [6.07, 6.45) is 0.579. The second kappa shape index (κ2) is 4.16. The maximum Gasteiger partial charge on any atom is 0.294 e. The average molecular weight is 257 g/mol. The van der Waals surface area contributed by atoms with Gasteiger partial charge in [0.2, 0.25) is 0 Å². The lowest BCUT2D eigenvalue weighted by Crippen LogP contribution is -2.30. The van der Waals surface area contributed by atoms with Crippen molar-refractivity contribution in [1.29, 1.82) is 0 Å². The monoisotopic (exact) mass is 256 g/mol. The molecule has 1 heterocycles. The fourth-order valence-electron chi connectivity index (χ4n) is 2.10. The molecule has 92 valence electrons. The summed E-state index contributed by atoms with van der Waals surface area (Å²) in [4.78, 5) is 12.3. The number of nitro benzene ring substituents is 1. The van der Waals surface area contributed by atoms with Crippen molar-refractivity contribution >= 4 is 23.0 Å². The molecule has 0 aliphatic carbocycles. The number of aliphatic hydroxyl groups is 1. The van der Waals surface area contributed by atoms with Gasteiger partial charge >= 0.3 is 0 Å². The van der Waals surface area contributed by atoms with E-state index in [0.29, 0.717) is 30.2 Å². The molecule has 0 aromatic heterocycles. The third-order valence-corrected chi connectivity index (χ3v) is 3.24. The average Bonchev–Trinajstić information content (AvgIpc) is 2.58. The number of anilines is 1. The highest BCUT2D eigenvalue weighted by Gasteiger charge is 2.35. The minimum absolute atomic E-state index is 0.0183. The van der Waals surface area contributed by atoms with Crippen molar-refractivity contribution in [2.75, 3.05) is 18.0 Å². The molecule has 0 amide bonds. The van der Waals surface area contributed by atoms with Gasteiger partial charge in [-0.15, -0.1) is 0 Å². The highest BCUT2D eigenvalue weighted by atomic mass is 35.5. The molecule has 1 saturated heterocycles. The number of hydrogen-bond donors (Lipinski definition) is 1. The number of rotatable bonds is 2. The molecule has 0 spiro atoms. The summed E-state index contributed by atoms with van der Waals surface area (Å²) < 4.78 is 0. The number of halogens is 1. The van der Waals surface area contributed by atoms with Crippen molar-refractivity contribution in [3.8, 4) is 0 Å². The Labute approximate surface area is 104 Å². The fraction of sp³-hybridized carbons (Fsp3) is 0.455. The van der Waals surface area contributed by atoms with Crippen LogP contribution in [0.1, 0.15) is 13.3 Å². The van der Waals surface area contributed by atoms with E-state index >= 15 is 0 Å². The Kier molecular flexibility index (Phi) is 2.97. The summed E-state index contributed by atoms with van der Waals surface area (Å²) in [5.41, 5.74) is -0.431. The van der Waals surface area contributed by atoms with Crippen molar-refractivity contribution in [1.82, 2.24) is 0 Å². The molecular weight excluding hydrogens is 244 g/mol. The van der Waals surface area contributed by atoms with Crippen molar-refractivity contribution in [2.24, 2.45) is 0 Å². The first-order chi connectivity index (χ1) is 7.91. The van der Waals surface area contributed by atoms with Gasteiger partial charge in [0.05, 0.1) is 15.5 Å². The Bertz CT molecular complexity index is 462. The maximum atomic E-state index is 10.9. The SMILES string of the molecule is CC1(O)CCN(c2c(Cl)cccc2[N+](=O)[O-])C1. The fourth-order valence-corrected chi connectivity index (χ4v) is 2.39. The smallest absolute Gasteiger partial charge is 0.294 e. The van der Waals surface area contributed by atoms with Crippen molar-refractivity contribution in [2.45, 2.75) is 18.9 Å². The zero-order valence-electron chi connectivity index (χ0n) is 9.39. The van der Waals surface area contributed by atoms with Gasteiger partial charge in [-0.1, -0.05) is 17.7 Å². The quantitative estimate of drug-likeness (QED) is 0.651. The third-order valence-electron chi connectivity index (χ3n) is 2.93. The van der Waals surface area contributed by atoms with Crippen LogP contribution in [0.5, 0.6) is 0 Å². The van der Waals surface area contributed by atoms with Crippen LogP contribution < -0.4 is 4.90 Å². The lowest BCUT2D eigenvalue weighted by molar-refractivity contribution is -0.384. The predicted molar refractivity (Wildman–Crippen MR) is 65.6 cm³/mol. The molecular formula is C11H13ClN2O3. The van der Waals surface area contributed by atoms with Crippen LogP contribution >= 0.6 is 11.6 Å². The summed E-state index contributed by atoms with van der Waals surface area (Å²) in [6, 6.07) is 4.60. The van der Waals surface area contributed by atoms with Crippen molar-refractivity contribution in [3.05, 3.63) is 33.3 Å². The van der Waals surface area contributed by atoms with Gasteiger partial charge in [0.1, 0.15) is 5.69 Å².